The van der Waals surface area contributed by atoms with E-state index < -0.39 is 0 Å². The first kappa shape index (κ1) is 9.45. The zero-order chi connectivity index (χ0) is 10.7. The molecule has 2 aromatic rings. The molecule has 4 nitrogen and oxygen atoms in total. The van der Waals surface area contributed by atoms with Crippen LogP contribution < -0.4 is 11.0 Å². The Morgan fingerprint density at radius 2 is 2.33 bits per heavy atom. The van der Waals surface area contributed by atoms with Crippen LogP contribution in [0.2, 0.25) is 0 Å². The van der Waals surface area contributed by atoms with Gasteiger partial charge >= 0.3 is 0 Å². The molecular formula is C11H11N3O. The highest BCUT2D eigenvalue weighted by atomic mass is 16.1. The molecular weight excluding hydrogens is 190 g/mol. The zero-order valence-corrected chi connectivity index (χ0v) is 8.18. The monoisotopic (exact) mass is 201 g/mol. The van der Waals surface area contributed by atoms with Crippen LogP contribution in [-0.2, 0) is 0 Å². The molecule has 2 aromatic heterocycles. The van der Waals surface area contributed by atoms with E-state index in [1.807, 2.05) is 12.1 Å². The fraction of sp³-hybridized carbons (Fsp3) is 0.0909. The molecule has 0 unspecified atom stereocenters. The fourth-order valence-electron chi connectivity index (χ4n) is 1.37. The Hall–Kier alpha value is -2.10. The molecule has 0 aromatic carbocycles. The molecule has 0 radical (unpaired) electrons. The lowest BCUT2D eigenvalue weighted by Crippen LogP contribution is -2.29. The molecule has 1 N–H and O–H groups in total. The summed E-state index contributed by atoms with van der Waals surface area (Å²) < 4.78 is 1.43. The van der Waals surface area contributed by atoms with Crippen molar-refractivity contribution in [1.29, 1.82) is 0 Å². The van der Waals surface area contributed by atoms with Gasteiger partial charge in [-0.15, -0.1) is 6.58 Å². The number of hydrogen-bond donors (Lipinski definition) is 1. The summed E-state index contributed by atoms with van der Waals surface area (Å²) in [5, 5.41) is 0.925. The molecule has 0 atom stereocenters. The quantitative estimate of drug-likeness (QED) is 0.757. The maximum Gasteiger partial charge on any atom is 0.270 e. The number of hydrogen-bond acceptors (Lipinski definition) is 3. The molecule has 4 heteroatoms. The smallest absolute Gasteiger partial charge is 0.270 e. The summed E-state index contributed by atoms with van der Waals surface area (Å²) in [5.41, 5.74) is 3.44. The molecule has 0 bridgehead atoms. The average molecular weight is 201 g/mol. The molecule has 0 saturated carbocycles. The van der Waals surface area contributed by atoms with Crippen LogP contribution in [0.25, 0.3) is 11.0 Å². The Balaban J connectivity index is 2.63. The maximum absolute atomic E-state index is 11.6. The first-order valence-electron chi connectivity index (χ1n) is 4.64. The second-order valence-electron chi connectivity index (χ2n) is 3.07. The predicted octanol–water partition coefficient (Wildman–Crippen LogP) is 1.13. The SMILES string of the molecule is C=CCNn1c(=O)ccc2cccnc21. The summed E-state index contributed by atoms with van der Waals surface area (Å²) in [5.74, 6) is 0. The third-order valence-corrected chi connectivity index (χ3v) is 2.05. The van der Waals surface area contributed by atoms with E-state index in [9.17, 15) is 4.79 Å². The van der Waals surface area contributed by atoms with Gasteiger partial charge in [0.15, 0.2) is 5.65 Å². The molecule has 15 heavy (non-hydrogen) atoms. The van der Waals surface area contributed by atoms with Gasteiger partial charge < -0.3 is 5.43 Å². The van der Waals surface area contributed by atoms with E-state index in [-0.39, 0.29) is 5.56 Å². The second kappa shape index (κ2) is 3.96. The van der Waals surface area contributed by atoms with Crippen LogP contribution in [0.4, 0.5) is 0 Å². The fourth-order valence-corrected chi connectivity index (χ4v) is 1.37. The lowest BCUT2D eigenvalue weighted by molar-refractivity contribution is 0.868. The van der Waals surface area contributed by atoms with E-state index >= 15 is 0 Å². The summed E-state index contributed by atoms with van der Waals surface area (Å²) in [6.45, 7) is 4.11. The number of fused-ring (bicyclic) bond motifs is 1. The van der Waals surface area contributed by atoms with Crippen molar-refractivity contribution in [2.24, 2.45) is 0 Å². The summed E-state index contributed by atoms with van der Waals surface area (Å²) >= 11 is 0. The van der Waals surface area contributed by atoms with Gasteiger partial charge in [-0.2, -0.15) is 0 Å². The molecule has 0 spiro atoms. The predicted molar refractivity (Wildman–Crippen MR) is 60.4 cm³/mol. The van der Waals surface area contributed by atoms with Crippen LogP contribution in [0, 0.1) is 0 Å². The molecule has 0 amide bonds. The number of rotatable bonds is 3. The summed E-state index contributed by atoms with van der Waals surface area (Å²) in [7, 11) is 0. The van der Waals surface area contributed by atoms with Crippen LogP contribution in [0.3, 0.4) is 0 Å². The minimum absolute atomic E-state index is 0.122. The molecule has 0 aliphatic heterocycles. The Morgan fingerprint density at radius 1 is 1.47 bits per heavy atom. The van der Waals surface area contributed by atoms with Crippen molar-refractivity contribution < 1.29 is 0 Å². The van der Waals surface area contributed by atoms with E-state index in [2.05, 4.69) is 17.0 Å². The average Bonchev–Trinajstić information content (AvgIpc) is 2.28. The minimum atomic E-state index is -0.122. The third kappa shape index (κ3) is 1.74. The number of nitrogens with one attached hydrogen (secondary N) is 1. The van der Waals surface area contributed by atoms with Crippen molar-refractivity contribution in [1.82, 2.24) is 9.66 Å². The summed E-state index contributed by atoms with van der Waals surface area (Å²) in [6.07, 6.45) is 3.35. The van der Waals surface area contributed by atoms with Crippen LogP contribution >= 0.6 is 0 Å². The Bertz CT molecular complexity index is 545. The van der Waals surface area contributed by atoms with E-state index in [4.69, 9.17) is 0 Å². The van der Waals surface area contributed by atoms with Gasteiger partial charge in [0.25, 0.3) is 5.56 Å². The van der Waals surface area contributed by atoms with Crippen LogP contribution in [0.15, 0.2) is 47.9 Å². The largest absolute Gasteiger partial charge is 0.317 e. The first-order chi connectivity index (χ1) is 7.33. The maximum atomic E-state index is 11.6. The van der Waals surface area contributed by atoms with Crippen molar-refractivity contribution >= 4 is 11.0 Å². The Morgan fingerprint density at radius 3 is 3.13 bits per heavy atom. The lowest BCUT2D eigenvalue weighted by atomic mass is 10.3. The third-order valence-electron chi connectivity index (χ3n) is 2.05. The van der Waals surface area contributed by atoms with Crippen molar-refractivity contribution in [2.45, 2.75) is 0 Å². The van der Waals surface area contributed by atoms with E-state index in [0.717, 1.165) is 5.39 Å². The lowest BCUT2D eigenvalue weighted by Gasteiger charge is -2.09. The van der Waals surface area contributed by atoms with Gasteiger partial charge in [-0.25, -0.2) is 9.66 Å². The highest BCUT2D eigenvalue weighted by molar-refractivity contribution is 5.74. The van der Waals surface area contributed by atoms with Gasteiger partial charge in [-0.3, -0.25) is 4.79 Å². The highest BCUT2D eigenvalue weighted by Crippen LogP contribution is 2.05. The van der Waals surface area contributed by atoms with E-state index in [1.165, 1.54) is 10.7 Å². The number of pyridine rings is 2. The Kier molecular flexibility index (Phi) is 2.49. The number of nitrogens with zero attached hydrogens (tertiary/aromatic N) is 2. The van der Waals surface area contributed by atoms with Crippen molar-refractivity contribution in [3.05, 3.63) is 53.5 Å². The zero-order valence-electron chi connectivity index (χ0n) is 8.18. The minimum Gasteiger partial charge on any atom is -0.317 e. The molecule has 0 saturated heterocycles. The topological polar surface area (TPSA) is 46.9 Å². The standard InChI is InChI=1S/C11H11N3O/c1-2-7-13-14-10(15)6-5-9-4-3-8-12-11(9)14/h2-6,8,13H,1,7H2. The molecule has 0 aliphatic rings. The van der Waals surface area contributed by atoms with Gasteiger partial charge in [0, 0.05) is 24.2 Å². The normalized spacial score (nSPS) is 10.1. The number of aromatic nitrogens is 2. The van der Waals surface area contributed by atoms with Crippen molar-refractivity contribution in [3.8, 4) is 0 Å². The van der Waals surface area contributed by atoms with E-state index in [1.54, 1.807) is 18.3 Å². The summed E-state index contributed by atoms with van der Waals surface area (Å²) in [6, 6.07) is 7.02. The van der Waals surface area contributed by atoms with Gasteiger partial charge in [-0.05, 0) is 18.2 Å². The van der Waals surface area contributed by atoms with Gasteiger partial charge in [0.2, 0.25) is 0 Å². The van der Waals surface area contributed by atoms with E-state index in [0.29, 0.717) is 12.2 Å². The first-order valence-corrected chi connectivity index (χ1v) is 4.64. The second-order valence-corrected chi connectivity index (χ2v) is 3.07. The molecule has 76 valence electrons. The van der Waals surface area contributed by atoms with Gasteiger partial charge in [0.1, 0.15) is 0 Å². The van der Waals surface area contributed by atoms with Gasteiger partial charge in [0.05, 0.1) is 0 Å². The van der Waals surface area contributed by atoms with Gasteiger partial charge in [-0.1, -0.05) is 6.08 Å². The van der Waals surface area contributed by atoms with Crippen LogP contribution in [-0.4, -0.2) is 16.2 Å². The van der Waals surface area contributed by atoms with Crippen molar-refractivity contribution in [3.63, 3.8) is 0 Å². The molecule has 2 rings (SSSR count). The van der Waals surface area contributed by atoms with Crippen molar-refractivity contribution in [2.75, 3.05) is 12.0 Å². The molecule has 0 aliphatic carbocycles. The Labute approximate surface area is 86.8 Å². The summed E-state index contributed by atoms with van der Waals surface area (Å²) in [4.78, 5) is 15.7. The van der Waals surface area contributed by atoms with Crippen LogP contribution in [0.1, 0.15) is 0 Å². The van der Waals surface area contributed by atoms with Crippen LogP contribution in [0.5, 0.6) is 0 Å². The molecule has 2 heterocycles. The molecule has 0 fully saturated rings. The highest BCUT2D eigenvalue weighted by Gasteiger charge is 2.01.